The predicted octanol–water partition coefficient (Wildman–Crippen LogP) is 2.82. The van der Waals surface area contributed by atoms with E-state index in [1.165, 1.54) is 0 Å². The molecule has 1 aromatic rings. The average molecular weight is 334 g/mol. The molecule has 0 radical (unpaired) electrons. The zero-order valence-corrected chi connectivity index (χ0v) is 14.9. The lowest BCUT2D eigenvalue weighted by Crippen LogP contribution is -2.37. The number of esters is 2. The number of hydrogen-bond donors (Lipinski definition) is 0. The van der Waals surface area contributed by atoms with E-state index in [4.69, 9.17) is 9.47 Å². The molecular weight excluding hydrogens is 308 g/mol. The van der Waals surface area contributed by atoms with E-state index in [2.05, 4.69) is 9.88 Å². The molecule has 0 unspecified atom stereocenters. The highest BCUT2D eigenvalue weighted by Crippen LogP contribution is 2.24. The van der Waals surface area contributed by atoms with Crippen LogP contribution < -0.4 is 4.90 Å². The van der Waals surface area contributed by atoms with Crippen molar-refractivity contribution >= 4 is 17.6 Å². The van der Waals surface area contributed by atoms with Crippen molar-refractivity contribution in [2.45, 2.75) is 46.1 Å². The van der Waals surface area contributed by atoms with Gasteiger partial charge in [0.2, 0.25) is 0 Å². The first kappa shape index (κ1) is 18.2. The first-order valence-corrected chi connectivity index (χ1v) is 8.41. The number of rotatable bonds is 4. The molecule has 1 aromatic heterocycles. The number of anilines is 1. The molecular formula is C18H26N2O4. The van der Waals surface area contributed by atoms with Gasteiger partial charge in [0.25, 0.3) is 0 Å². The standard InChI is InChI=1S/C18H26N2O4/c1-5-23-16(21)13-8-10-20(11-9-13)14-6-7-15(19-12-14)17(22)24-18(2,3)4/h6-7,12-13H,5,8-11H2,1-4H3. The van der Waals surface area contributed by atoms with E-state index < -0.39 is 11.6 Å². The van der Waals surface area contributed by atoms with Gasteiger partial charge in [0.15, 0.2) is 0 Å². The maximum atomic E-state index is 12.0. The minimum atomic E-state index is -0.535. The number of aromatic nitrogens is 1. The fraction of sp³-hybridized carbons (Fsp3) is 0.611. The van der Waals surface area contributed by atoms with Crippen LogP contribution in [0.15, 0.2) is 18.3 Å². The van der Waals surface area contributed by atoms with Gasteiger partial charge in [-0.15, -0.1) is 0 Å². The summed E-state index contributed by atoms with van der Waals surface area (Å²) in [7, 11) is 0. The van der Waals surface area contributed by atoms with Crippen molar-refractivity contribution in [1.29, 1.82) is 0 Å². The summed E-state index contributed by atoms with van der Waals surface area (Å²) in [5.74, 6) is -0.541. The molecule has 0 aliphatic carbocycles. The van der Waals surface area contributed by atoms with Crippen LogP contribution in [0.25, 0.3) is 0 Å². The second-order valence-electron chi connectivity index (χ2n) is 6.92. The molecule has 0 aromatic carbocycles. The van der Waals surface area contributed by atoms with Crippen LogP contribution in [-0.4, -0.2) is 42.2 Å². The Labute approximate surface area is 143 Å². The second-order valence-corrected chi connectivity index (χ2v) is 6.92. The van der Waals surface area contributed by atoms with Crippen molar-refractivity contribution in [2.24, 2.45) is 5.92 Å². The Balaban J connectivity index is 1.93. The summed E-state index contributed by atoms with van der Waals surface area (Å²) in [6.07, 6.45) is 3.23. The Morgan fingerprint density at radius 1 is 1.25 bits per heavy atom. The number of piperidine rings is 1. The molecule has 0 spiro atoms. The first-order valence-electron chi connectivity index (χ1n) is 8.41. The molecule has 2 heterocycles. The highest BCUT2D eigenvalue weighted by atomic mass is 16.6. The molecule has 1 saturated heterocycles. The molecule has 2 rings (SSSR count). The van der Waals surface area contributed by atoms with Crippen molar-refractivity contribution in [2.75, 3.05) is 24.6 Å². The molecule has 0 amide bonds. The molecule has 6 nitrogen and oxygen atoms in total. The summed E-state index contributed by atoms with van der Waals surface area (Å²) >= 11 is 0. The van der Waals surface area contributed by atoms with Gasteiger partial charge in [0.1, 0.15) is 11.3 Å². The lowest BCUT2D eigenvalue weighted by Gasteiger charge is -2.32. The van der Waals surface area contributed by atoms with E-state index in [-0.39, 0.29) is 11.9 Å². The molecule has 0 bridgehead atoms. The minimum Gasteiger partial charge on any atom is -0.466 e. The second kappa shape index (κ2) is 7.64. The maximum Gasteiger partial charge on any atom is 0.357 e. The van der Waals surface area contributed by atoms with Gasteiger partial charge in [0, 0.05) is 13.1 Å². The number of carbonyl (C=O) groups is 2. The average Bonchev–Trinajstić information content (AvgIpc) is 2.54. The molecule has 24 heavy (non-hydrogen) atoms. The van der Waals surface area contributed by atoms with Crippen LogP contribution in [0.2, 0.25) is 0 Å². The Morgan fingerprint density at radius 2 is 1.92 bits per heavy atom. The largest absolute Gasteiger partial charge is 0.466 e. The van der Waals surface area contributed by atoms with E-state index in [0.717, 1.165) is 31.6 Å². The third-order valence-corrected chi connectivity index (χ3v) is 3.84. The molecule has 1 aliphatic rings. The molecule has 1 aliphatic heterocycles. The lowest BCUT2D eigenvalue weighted by atomic mass is 9.97. The summed E-state index contributed by atoms with van der Waals surface area (Å²) in [5.41, 5.74) is 0.714. The molecule has 0 saturated carbocycles. The van der Waals surface area contributed by atoms with Gasteiger partial charge in [-0.25, -0.2) is 9.78 Å². The van der Waals surface area contributed by atoms with Crippen LogP contribution >= 0.6 is 0 Å². The molecule has 0 N–H and O–H groups in total. The van der Waals surface area contributed by atoms with Gasteiger partial charge in [0.05, 0.1) is 24.4 Å². The summed E-state index contributed by atoms with van der Waals surface area (Å²) in [6.45, 7) is 9.28. The quantitative estimate of drug-likeness (QED) is 0.789. The summed E-state index contributed by atoms with van der Waals surface area (Å²) in [6, 6.07) is 3.55. The van der Waals surface area contributed by atoms with Gasteiger partial charge in [-0.2, -0.15) is 0 Å². The summed E-state index contributed by atoms with van der Waals surface area (Å²) in [4.78, 5) is 30.1. The number of pyridine rings is 1. The third kappa shape index (κ3) is 4.94. The van der Waals surface area contributed by atoms with Crippen LogP contribution in [-0.2, 0) is 14.3 Å². The molecule has 6 heteroatoms. The van der Waals surface area contributed by atoms with Crippen molar-refractivity contribution in [3.05, 3.63) is 24.0 Å². The van der Waals surface area contributed by atoms with Gasteiger partial charge in [-0.3, -0.25) is 4.79 Å². The molecule has 0 atom stereocenters. The Bertz CT molecular complexity index is 570. The van der Waals surface area contributed by atoms with Crippen molar-refractivity contribution < 1.29 is 19.1 Å². The SMILES string of the molecule is CCOC(=O)C1CCN(c2ccc(C(=O)OC(C)(C)C)nc2)CC1. The number of nitrogens with zero attached hydrogens (tertiary/aromatic N) is 2. The van der Waals surface area contributed by atoms with E-state index in [9.17, 15) is 9.59 Å². The van der Waals surface area contributed by atoms with Crippen molar-refractivity contribution in [3.63, 3.8) is 0 Å². The van der Waals surface area contributed by atoms with E-state index >= 15 is 0 Å². The fourth-order valence-electron chi connectivity index (χ4n) is 2.66. The van der Waals surface area contributed by atoms with Crippen molar-refractivity contribution in [3.8, 4) is 0 Å². The van der Waals surface area contributed by atoms with E-state index in [0.29, 0.717) is 12.3 Å². The number of carbonyl (C=O) groups excluding carboxylic acids is 2. The van der Waals surface area contributed by atoms with Crippen LogP contribution in [0.5, 0.6) is 0 Å². The summed E-state index contributed by atoms with van der Waals surface area (Å²) in [5, 5.41) is 0. The Hall–Kier alpha value is -2.11. The smallest absolute Gasteiger partial charge is 0.357 e. The maximum absolute atomic E-state index is 12.0. The predicted molar refractivity (Wildman–Crippen MR) is 91.0 cm³/mol. The highest BCUT2D eigenvalue weighted by molar-refractivity contribution is 5.87. The molecule has 132 valence electrons. The van der Waals surface area contributed by atoms with Crippen molar-refractivity contribution in [1.82, 2.24) is 4.98 Å². The van der Waals surface area contributed by atoms with Crippen LogP contribution in [0.4, 0.5) is 5.69 Å². The monoisotopic (exact) mass is 334 g/mol. The third-order valence-electron chi connectivity index (χ3n) is 3.84. The van der Waals surface area contributed by atoms with Crippen LogP contribution in [0, 0.1) is 5.92 Å². The molecule has 1 fully saturated rings. The van der Waals surface area contributed by atoms with Gasteiger partial charge >= 0.3 is 11.9 Å². The van der Waals surface area contributed by atoms with Gasteiger partial charge in [-0.05, 0) is 52.7 Å². The van der Waals surface area contributed by atoms with Gasteiger partial charge in [-0.1, -0.05) is 0 Å². The highest BCUT2D eigenvalue weighted by Gasteiger charge is 2.26. The van der Waals surface area contributed by atoms with Crippen LogP contribution in [0.1, 0.15) is 51.0 Å². The lowest BCUT2D eigenvalue weighted by molar-refractivity contribution is -0.148. The van der Waals surface area contributed by atoms with E-state index in [1.54, 1.807) is 12.3 Å². The minimum absolute atomic E-state index is 0.0183. The zero-order chi connectivity index (χ0) is 17.7. The van der Waals surface area contributed by atoms with Gasteiger partial charge < -0.3 is 14.4 Å². The Morgan fingerprint density at radius 3 is 2.42 bits per heavy atom. The summed E-state index contributed by atoms with van der Waals surface area (Å²) < 4.78 is 10.4. The number of hydrogen-bond acceptors (Lipinski definition) is 6. The van der Waals surface area contributed by atoms with Crippen LogP contribution in [0.3, 0.4) is 0 Å². The Kier molecular flexibility index (Phi) is 5.80. The van der Waals surface area contributed by atoms with E-state index in [1.807, 2.05) is 33.8 Å². The fourth-order valence-corrected chi connectivity index (χ4v) is 2.66. The zero-order valence-electron chi connectivity index (χ0n) is 14.9. The first-order chi connectivity index (χ1) is 11.3. The topological polar surface area (TPSA) is 68.7 Å². The normalized spacial score (nSPS) is 15.9. The number of ether oxygens (including phenoxy) is 2.